The Hall–Kier alpha value is -1.38. The fraction of sp³-hybridized carbons (Fsp3) is 0.500. The molecule has 2 aromatic rings. The lowest BCUT2D eigenvalue weighted by Crippen LogP contribution is -2.46. The summed E-state index contributed by atoms with van der Waals surface area (Å²) in [5, 5.41) is 9.88. The first-order valence-electron chi connectivity index (χ1n) is 7.87. The minimum Gasteiger partial charge on any atom is -0.353 e. The van der Waals surface area contributed by atoms with Crippen LogP contribution in [0.4, 0.5) is 8.78 Å². The molecule has 4 nitrogen and oxygen atoms in total. The zero-order chi connectivity index (χ0) is 16.9. The third-order valence-corrected chi connectivity index (χ3v) is 5.63. The molecule has 24 heavy (non-hydrogen) atoms. The van der Waals surface area contributed by atoms with Gasteiger partial charge >= 0.3 is 0 Å². The Morgan fingerprint density at radius 3 is 2.83 bits per heavy atom. The second kappa shape index (κ2) is 8.13. The highest BCUT2D eigenvalue weighted by atomic mass is 32.1. The first-order valence-corrected chi connectivity index (χ1v) is 9.69. The Morgan fingerprint density at radius 2 is 2.17 bits per heavy atom. The van der Waals surface area contributed by atoms with Crippen LogP contribution in [0, 0.1) is 0 Å². The van der Waals surface area contributed by atoms with Crippen molar-refractivity contribution in [3.05, 3.63) is 27.9 Å². The van der Waals surface area contributed by atoms with Crippen LogP contribution in [0.2, 0.25) is 0 Å². The summed E-state index contributed by atoms with van der Waals surface area (Å²) in [7, 11) is 0. The maximum Gasteiger partial charge on any atom is 0.251 e. The summed E-state index contributed by atoms with van der Waals surface area (Å²) in [4.78, 5) is 18.4. The van der Waals surface area contributed by atoms with E-state index >= 15 is 0 Å². The topological polar surface area (TPSA) is 45.2 Å². The van der Waals surface area contributed by atoms with Gasteiger partial charge in [-0.3, -0.25) is 9.69 Å². The third kappa shape index (κ3) is 4.81. The number of halogens is 2. The molecule has 0 bridgehead atoms. The summed E-state index contributed by atoms with van der Waals surface area (Å²) >= 11 is 3.16. The van der Waals surface area contributed by atoms with Crippen molar-refractivity contribution in [3.63, 3.8) is 0 Å². The van der Waals surface area contributed by atoms with Crippen LogP contribution in [0.3, 0.4) is 0 Å². The maximum atomic E-state index is 12.4. The summed E-state index contributed by atoms with van der Waals surface area (Å²) in [5.74, 6) is -0.0514. The van der Waals surface area contributed by atoms with Crippen molar-refractivity contribution < 1.29 is 13.6 Å². The lowest BCUT2D eigenvalue weighted by molar-refractivity contribution is -0.121. The number of likely N-dealkylation sites (tertiary alicyclic amines) is 1. The van der Waals surface area contributed by atoms with Crippen molar-refractivity contribution in [1.29, 1.82) is 0 Å². The number of thiazole rings is 1. The molecule has 0 saturated carbocycles. The molecule has 0 aliphatic carbocycles. The summed E-state index contributed by atoms with van der Waals surface area (Å²) in [6.07, 6.45) is -0.596. The summed E-state index contributed by atoms with van der Waals surface area (Å²) in [6, 6.07) is 2.09. The number of amides is 1. The highest BCUT2D eigenvalue weighted by molar-refractivity contribution is 7.14. The molecule has 1 amide bonds. The number of carbonyl (C=O) groups is 1. The molecular weight excluding hydrogens is 352 g/mol. The number of alkyl halides is 2. The summed E-state index contributed by atoms with van der Waals surface area (Å²) in [6.45, 7) is 1.04. The van der Waals surface area contributed by atoms with Crippen LogP contribution in [-0.4, -0.2) is 47.9 Å². The van der Waals surface area contributed by atoms with Gasteiger partial charge in [0.2, 0.25) is 5.91 Å². The molecule has 0 unspecified atom stereocenters. The van der Waals surface area contributed by atoms with E-state index in [-0.39, 0.29) is 24.9 Å². The fourth-order valence-corrected chi connectivity index (χ4v) is 4.34. The van der Waals surface area contributed by atoms with Crippen LogP contribution in [0.1, 0.15) is 18.5 Å². The van der Waals surface area contributed by atoms with E-state index in [0.717, 1.165) is 29.1 Å². The van der Waals surface area contributed by atoms with Gasteiger partial charge in [-0.05, 0) is 24.3 Å². The Kier molecular flexibility index (Phi) is 5.91. The molecule has 1 saturated heterocycles. The SMILES string of the molecule is O=C(Cc1csc(-c2ccsc2)n1)NC1CCN(CC(F)F)CC1. The van der Waals surface area contributed by atoms with Crippen molar-refractivity contribution in [3.8, 4) is 10.6 Å². The number of hydrogen-bond acceptors (Lipinski definition) is 5. The molecule has 0 radical (unpaired) electrons. The summed E-state index contributed by atoms with van der Waals surface area (Å²) in [5.41, 5.74) is 1.86. The predicted octanol–water partition coefficient (Wildman–Crippen LogP) is 3.26. The quantitative estimate of drug-likeness (QED) is 0.848. The van der Waals surface area contributed by atoms with Gasteiger partial charge in [0, 0.05) is 35.5 Å². The molecule has 0 aromatic carbocycles. The van der Waals surface area contributed by atoms with Crippen LogP contribution in [0.5, 0.6) is 0 Å². The van der Waals surface area contributed by atoms with E-state index in [9.17, 15) is 13.6 Å². The lowest BCUT2D eigenvalue weighted by atomic mass is 10.0. The first kappa shape index (κ1) is 17.4. The van der Waals surface area contributed by atoms with Crippen molar-refractivity contribution in [2.24, 2.45) is 0 Å². The second-order valence-corrected chi connectivity index (χ2v) is 7.50. The second-order valence-electron chi connectivity index (χ2n) is 5.87. The molecule has 130 valence electrons. The zero-order valence-corrected chi connectivity index (χ0v) is 14.7. The van der Waals surface area contributed by atoms with Gasteiger partial charge in [0.15, 0.2) is 0 Å². The van der Waals surface area contributed by atoms with Gasteiger partial charge in [-0.25, -0.2) is 13.8 Å². The number of nitrogens with zero attached hydrogens (tertiary/aromatic N) is 2. The number of hydrogen-bond donors (Lipinski definition) is 1. The van der Waals surface area contributed by atoms with Gasteiger partial charge in [-0.1, -0.05) is 0 Å². The Bertz CT molecular complexity index is 652. The number of rotatable bonds is 6. The van der Waals surface area contributed by atoms with Crippen molar-refractivity contribution in [1.82, 2.24) is 15.2 Å². The summed E-state index contributed by atoms with van der Waals surface area (Å²) < 4.78 is 24.7. The molecule has 2 aromatic heterocycles. The van der Waals surface area contributed by atoms with E-state index in [1.807, 2.05) is 22.2 Å². The zero-order valence-electron chi connectivity index (χ0n) is 13.1. The van der Waals surface area contributed by atoms with E-state index in [0.29, 0.717) is 13.1 Å². The number of piperidine rings is 1. The van der Waals surface area contributed by atoms with Gasteiger partial charge in [-0.2, -0.15) is 11.3 Å². The van der Waals surface area contributed by atoms with Gasteiger partial charge < -0.3 is 5.32 Å². The molecular formula is C16H19F2N3OS2. The smallest absolute Gasteiger partial charge is 0.251 e. The number of thiophene rings is 1. The largest absolute Gasteiger partial charge is 0.353 e. The van der Waals surface area contributed by atoms with E-state index in [1.165, 1.54) is 11.3 Å². The molecule has 8 heteroatoms. The molecule has 1 fully saturated rings. The normalized spacial score (nSPS) is 16.6. The maximum absolute atomic E-state index is 12.4. The van der Waals surface area contributed by atoms with Crippen LogP contribution < -0.4 is 5.32 Å². The lowest BCUT2D eigenvalue weighted by Gasteiger charge is -2.31. The monoisotopic (exact) mass is 371 g/mol. The molecule has 0 atom stereocenters. The first-order chi connectivity index (χ1) is 11.6. The molecule has 0 spiro atoms. The van der Waals surface area contributed by atoms with Crippen molar-refractivity contribution >= 4 is 28.6 Å². The Balaban J connectivity index is 1.45. The van der Waals surface area contributed by atoms with Crippen LogP contribution in [0.15, 0.2) is 22.2 Å². The number of aromatic nitrogens is 1. The standard InChI is InChI=1S/C16H19F2N3OS2/c17-14(18)8-21-4-1-12(2-5-21)19-15(22)7-13-10-24-16(20-13)11-3-6-23-9-11/h3,6,9-10,12,14H,1-2,4-5,7-8H2,(H,19,22). The average molecular weight is 371 g/mol. The highest BCUT2D eigenvalue weighted by Crippen LogP contribution is 2.25. The predicted molar refractivity (Wildman–Crippen MR) is 92.7 cm³/mol. The van der Waals surface area contributed by atoms with Crippen LogP contribution in [0.25, 0.3) is 10.6 Å². The fourth-order valence-electron chi connectivity index (χ4n) is 2.81. The Morgan fingerprint density at radius 1 is 1.38 bits per heavy atom. The van der Waals surface area contributed by atoms with Crippen LogP contribution in [-0.2, 0) is 11.2 Å². The minimum absolute atomic E-state index is 0.0514. The highest BCUT2D eigenvalue weighted by Gasteiger charge is 2.22. The van der Waals surface area contributed by atoms with Gasteiger partial charge in [-0.15, -0.1) is 11.3 Å². The van der Waals surface area contributed by atoms with Gasteiger partial charge in [0.1, 0.15) is 5.01 Å². The molecule has 1 aliphatic rings. The van der Waals surface area contributed by atoms with E-state index in [4.69, 9.17) is 0 Å². The molecule has 1 N–H and O–H groups in total. The average Bonchev–Trinajstić information content (AvgIpc) is 3.19. The van der Waals surface area contributed by atoms with Gasteiger partial charge in [0.25, 0.3) is 6.43 Å². The number of carbonyl (C=O) groups excluding carboxylic acids is 1. The third-order valence-electron chi connectivity index (χ3n) is 4.01. The van der Waals surface area contributed by atoms with Gasteiger partial charge in [0.05, 0.1) is 18.7 Å². The molecule has 3 heterocycles. The van der Waals surface area contributed by atoms with E-state index < -0.39 is 6.43 Å². The molecule has 1 aliphatic heterocycles. The van der Waals surface area contributed by atoms with Crippen molar-refractivity contribution in [2.75, 3.05) is 19.6 Å². The van der Waals surface area contributed by atoms with Crippen molar-refractivity contribution in [2.45, 2.75) is 31.7 Å². The van der Waals surface area contributed by atoms with E-state index in [1.54, 1.807) is 16.2 Å². The molecule has 3 rings (SSSR count). The Labute approximate surface area is 147 Å². The number of nitrogens with one attached hydrogen (secondary N) is 1. The van der Waals surface area contributed by atoms with E-state index in [2.05, 4.69) is 10.3 Å². The minimum atomic E-state index is -2.29. The van der Waals surface area contributed by atoms with Crippen LogP contribution >= 0.6 is 22.7 Å².